The molecule has 2 heterocycles. The van der Waals surface area contributed by atoms with Gasteiger partial charge >= 0.3 is 12.0 Å². The standard InChI is InChI=1S/C16H24N6O4/c1-3-8-22-12(18-19-20-22)10-26-13(23)9-21-14(24)16(17-15(21)25)7-5-4-6-11(16)2/h11H,3-10H2,1-2H3,(H,17,25)/t11-,16+/m0/s1. The number of aromatic nitrogens is 4. The summed E-state index contributed by atoms with van der Waals surface area (Å²) in [6.45, 7) is 4.06. The molecule has 3 amide bonds. The minimum absolute atomic E-state index is 0.0485. The minimum atomic E-state index is -0.874. The number of aryl methyl sites for hydroxylation is 1. The maximum atomic E-state index is 12.8. The third-order valence-electron chi connectivity index (χ3n) is 5.19. The predicted octanol–water partition coefficient (Wildman–Crippen LogP) is 0.627. The van der Waals surface area contributed by atoms with Crippen LogP contribution in [0.5, 0.6) is 0 Å². The molecule has 26 heavy (non-hydrogen) atoms. The van der Waals surface area contributed by atoms with Crippen LogP contribution in [0, 0.1) is 5.92 Å². The fraction of sp³-hybridized carbons (Fsp3) is 0.750. The molecule has 1 saturated heterocycles. The molecule has 3 rings (SSSR count). The highest BCUT2D eigenvalue weighted by molar-refractivity contribution is 6.08. The number of urea groups is 1. The molecule has 142 valence electrons. The Balaban J connectivity index is 1.59. The van der Waals surface area contributed by atoms with Crippen LogP contribution < -0.4 is 5.32 Å². The van der Waals surface area contributed by atoms with Gasteiger partial charge in [0.15, 0.2) is 12.4 Å². The molecule has 1 N–H and O–H groups in total. The first-order chi connectivity index (χ1) is 12.5. The van der Waals surface area contributed by atoms with Crippen molar-refractivity contribution >= 4 is 17.9 Å². The zero-order valence-corrected chi connectivity index (χ0v) is 15.1. The second-order valence-corrected chi connectivity index (χ2v) is 6.92. The van der Waals surface area contributed by atoms with E-state index in [0.29, 0.717) is 18.8 Å². The SMILES string of the molecule is CCCn1nnnc1COC(=O)CN1C(=O)N[C@@]2(CCCC[C@@H]2C)C1=O. The third kappa shape index (κ3) is 3.27. The van der Waals surface area contributed by atoms with E-state index < -0.39 is 24.1 Å². The van der Waals surface area contributed by atoms with Crippen LogP contribution in [-0.4, -0.2) is 55.1 Å². The summed E-state index contributed by atoms with van der Waals surface area (Å²) in [5.74, 6) is -0.523. The first kappa shape index (κ1) is 18.3. The molecule has 0 bridgehead atoms. The van der Waals surface area contributed by atoms with E-state index in [0.717, 1.165) is 30.6 Å². The number of hydrogen-bond acceptors (Lipinski definition) is 7. The highest BCUT2D eigenvalue weighted by Gasteiger charge is 2.55. The number of hydrogen-bond donors (Lipinski definition) is 1. The van der Waals surface area contributed by atoms with Crippen molar-refractivity contribution in [2.45, 2.75) is 64.6 Å². The van der Waals surface area contributed by atoms with Gasteiger partial charge in [-0.05, 0) is 35.6 Å². The van der Waals surface area contributed by atoms with Gasteiger partial charge in [0.25, 0.3) is 5.91 Å². The number of nitrogens with one attached hydrogen (secondary N) is 1. The molecule has 0 radical (unpaired) electrons. The second-order valence-electron chi connectivity index (χ2n) is 6.92. The summed E-state index contributed by atoms with van der Waals surface area (Å²) < 4.78 is 6.71. The van der Waals surface area contributed by atoms with Gasteiger partial charge in [-0.15, -0.1) is 5.10 Å². The fourth-order valence-corrected chi connectivity index (χ4v) is 3.67. The quantitative estimate of drug-likeness (QED) is 0.580. The van der Waals surface area contributed by atoms with Crippen LogP contribution in [0.25, 0.3) is 0 Å². The van der Waals surface area contributed by atoms with Gasteiger partial charge in [0.2, 0.25) is 0 Å². The molecular formula is C16H24N6O4. The first-order valence-corrected chi connectivity index (χ1v) is 9.02. The van der Waals surface area contributed by atoms with E-state index in [2.05, 4.69) is 20.8 Å². The van der Waals surface area contributed by atoms with E-state index in [4.69, 9.17) is 4.74 Å². The molecule has 1 aromatic rings. The Morgan fingerprint density at radius 2 is 2.19 bits per heavy atom. The van der Waals surface area contributed by atoms with Crippen LogP contribution in [0.3, 0.4) is 0 Å². The maximum Gasteiger partial charge on any atom is 0.326 e. The smallest absolute Gasteiger partial charge is 0.326 e. The van der Waals surface area contributed by atoms with Crippen LogP contribution in [0.1, 0.15) is 51.8 Å². The average Bonchev–Trinajstić information content (AvgIpc) is 3.15. The van der Waals surface area contributed by atoms with Crippen LogP contribution in [0.4, 0.5) is 4.79 Å². The molecule has 1 aromatic heterocycles. The van der Waals surface area contributed by atoms with Crippen molar-refractivity contribution in [2.24, 2.45) is 5.92 Å². The van der Waals surface area contributed by atoms with E-state index in [1.54, 1.807) is 4.68 Å². The Kier molecular flexibility index (Phi) is 5.19. The van der Waals surface area contributed by atoms with Gasteiger partial charge in [0, 0.05) is 6.54 Å². The number of carbonyl (C=O) groups is 3. The molecule has 0 unspecified atom stereocenters. The van der Waals surface area contributed by atoms with E-state index in [1.807, 2.05) is 13.8 Å². The summed E-state index contributed by atoms with van der Waals surface area (Å²) in [6, 6.07) is -0.531. The molecular weight excluding hydrogens is 340 g/mol. The summed E-state index contributed by atoms with van der Waals surface area (Å²) in [7, 11) is 0. The highest BCUT2D eigenvalue weighted by Crippen LogP contribution is 2.38. The van der Waals surface area contributed by atoms with Gasteiger partial charge in [0.05, 0.1) is 0 Å². The molecule has 1 aliphatic carbocycles. The van der Waals surface area contributed by atoms with E-state index in [9.17, 15) is 14.4 Å². The molecule has 2 fully saturated rings. The topological polar surface area (TPSA) is 119 Å². The first-order valence-electron chi connectivity index (χ1n) is 9.02. The van der Waals surface area contributed by atoms with E-state index >= 15 is 0 Å². The molecule has 10 heteroatoms. The number of amides is 3. The van der Waals surface area contributed by atoms with Gasteiger partial charge in [-0.3, -0.25) is 14.5 Å². The highest BCUT2D eigenvalue weighted by atomic mass is 16.5. The fourth-order valence-electron chi connectivity index (χ4n) is 3.67. The molecule has 1 aliphatic heterocycles. The maximum absolute atomic E-state index is 12.8. The lowest BCUT2D eigenvalue weighted by Gasteiger charge is -2.36. The Hall–Kier alpha value is -2.52. The van der Waals surface area contributed by atoms with Crippen molar-refractivity contribution in [1.29, 1.82) is 0 Å². The molecule has 1 spiro atoms. The van der Waals surface area contributed by atoms with Gasteiger partial charge in [-0.2, -0.15) is 0 Å². The monoisotopic (exact) mass is 364 g/mol. The number of ether oxygens (including phenoxy) is 1. The lowest BCUT2D eigenvalue weighted by Crippen LogP contribution is -2.54. The Labute approximate surface area is 151 Å². The normalized spacial score (nSPS) is 25.6. The summed E-state index contributed by atoms with van der Waals surface area (Å²) in [4.78, 5) is 38.2. The van der Waals surface area contributed by atoms with Crippen LogP contribution >= 0.6 is 0 Å². The summed E-state index contributed by atoms with van der Waals surface area (Å²) in [6.07, 6.45) is 4.25. The Bertz CT molecular complexity index is 705. The number of nitrogens with zero attached hydrogens (tertiary/aromatic N) is 5. The predicted molar refractivity (Wildman–Crippen MR) is 88.5 cm³/mol. The van der Waals surface area contributed by atoms with Crippen molar-refractivity contribution in [1.82, 2.24) is 30.4 Å². The van der Waals surface area contributed by atoms with Crippen molar-refractivity contribution in [3.63, 3.8) is 0 Å². The van der Waals surface area contributed by atoms with Crippen LogP contribution in [-0.2, 0) is 27.5 Å². The minimum Gasteiger partial charge on any atom is -0.456 e. The summed E-state index contributed by atoms with van der Waals surface area (Å²) in [5, 5.41) is 14.0. The van der Waals surface area contributed by atoms with Crippen molar-refractivity contribution in [3.05, 3.63) is 5.82 Å². The van der Waals surface area contributed by atoms with Crippen molar-refractivity contribution in [3.8, 4) is 0 Å². The molecule has 2 aliphatic rings. The van der Waals surface area contributed by atoms with Crippen LogP contribution in [0.15, 0.2) is 0 Å². The second kappa shape index (κ2) is 7.38. The Morgan fingerprint density at radius 1 is 1.38 bits per heavy atom. The zero-order valence-electron chi connectivity index (χ0n) is 15.1. The van der Waals surface area contributed by atoms with Crippen molar-refractivity contribution < 1.29 is 19.1 Å². The molecule has 10 nitrogen and oxygen atoms in total. The van der Waals surface area contributed by atoms with Gasteiger partial charge in [-0.1, -0.05) is 26.7 Å². The van der Waals surface area contributed by atoms with Crippen LogP contribution in [0.2, 0.25) is 0 Å². The number of carbonyl (C=O) groups excluding carboxylic acids is 3. The Morgan fingerprint density at radius 3 is 2.92 bits per heavy atom. The lowest BCUT2D eigenvalue weighted by atomic mass is 9.73. The van der Waals surface area contributed by atoms with E-state index in [1.165, 1.54) is 0 Å². The summed E-state index contributed by atoms with van der Waals surface area (Å²) >= 11 is 0. The van der Waals surface area contributed by atoms with Gasteiger partial charge in [-0.25, -0.2) is 9.48 Å². The molecule has 2 atom stereocenters. The van der Waals surface area contributed by atoms with Gasteiger partial charge in [0.1, 0.15) is 12.1 Å². The third-order valence-corrected chi connectivity index (χ3v) is 5.19. The molecule has 1 saturated carbocycles. The summed E-state index contributed by atoms with van der Waals surface area (Å²) in [5.41, 5.74) is -0.874. The molecule has 0 aromatic carbocycles. The number of esters is 1. The van der Waals surface area contributed by atoms with Crippen molar-refractivity contribution in [2.75, 3.05) is 6.54 Å². The largest absolute Gasteiger partial charge is 0.456 e. The number of tetrazole rings is 1. The number of rotatable bonds is 6. The lowest BCUT2D eigenvalue weighted by molar-refractivity contribution is -0.149. The number of imide groups is 1. The van der Waals surface area contributed by atoms with Gasteiger partial charge < -0.3 is 10.1 Å². The average molecular weight is 364 g/mol. The van der Waals surface area contributed by atoms with E-state index in [-0.39, 0.29) is 18.4 Å². The zero-order chi connectivity index (χ0) is 18.7.